The Balaban J connectivity index is 2.16. The van der Waals surface area contributed by atoms with Crippen molar-refractivity contribution < 1.29 is 4.79 Å². The molecule has 1 aromatic rings. The van der Waals surface area contributed by atoms with Gasteiger partial charge in [0.15, 0.2) is 0 Å². The summed E-state index contributed by atoms with van der Waals surface area (Å²) in [5.41, 5.74) is 5.95. The van der Waals surface area contributed by atoms with Crippen LogP contribution in [0.3, 0.4) is 0 Å². The summed E-state index contributed by atoms with van der Waals surface area (Å²) in [5.74, 6) is -0.00704. The average Bonchev–Trinajstić information content (AvgIpc) is 2.33. The highest BCUT2D eigenvalue weighted by Crippen LogP contribution is 2.22. The van der Waals surface area contributed by atoms with Crippen molar-refractivity contribution in [2.45, 2.75) is 51.7 Å². The molecule has 1 fully saturated rings. The number of carbonyl (C=O) groups excluding carboxylic acids is 1. The summed E-state index contributed by atoms with van der Waals surface area (Å²) in [5, 5.41) is 0. The molecule has 1 aromatic heterocycles. The molecule has 0 aromatic carbocycles. The quantitative estimate of drug-likeness (QED) is 0.872. The molecular weight excluding hydrogens is 242 g/mol. The maximum Gasteiger partial charge on any atom is 0.251 e. The summed E-state index contributed by atoms with van der Waals surface area (Å²) in [6, 6.07) is 3.43. The number of nitrogens with two attached hydrogens (primary N) is 1. The number of nitrogens with zero attached hydrogens (tertiary/aromatic N) is 2. The molecule has 2 unspecified atom stereocenters. The molecule has 2 N–H and O–H groups in total. The molecule has 2 rings (SSSR count). The number of piperidine rings is 1. The van der Waals surface area contributed by atoms with Gasteiger partial charge in [-0.15, -0.1) is 0 Å². The van der Waals surface area contributed by atoms with Crippen molar-refractivity contribution in [1.29, 1.82) is 0 Å². The second-order valence-corrected chi connectivity index (χ2v) is 5.36. The molecule has 0 bridgehead atoms. The second-order valence-electron chi connectivity index (χ2n) is 5.36. The molecule has 104 valence electrons. The topological polar surface area (TPSA) is 68.3 Å². The SMILES string of the molecule is CC1CCCC(C)N1C(=O)Cn1cc(N)ccc1=O. The van der Waals surface area contributed by atoms with Crippen molar-refractivity contribution in [3.8, 4) is 0 Å². The lowest BCUT2D eigenvalue weighted by molar-refractivity contribution is -0.138. The fraction of sp³-hybridized carbons (Fsp3) is 0.571. The molecule has 1 aliphatic rings. The minimum atomic E-state index is -0.195. The molecule has 1 saturated heterocycles. The molecule has 0 spiro atoms. The van der Waals surface area contributed by atoms with E-state index in [0.717, 1.165) is 19.3 Å². The minimum absolute atomic E-state index is 0.00704. The summed E-state index contributed by atoms with van der Waals surface area (Å²) in [6.45, 7) is 4.20. The van der Waals surface area contributed by atoms with E-state index in [1.165, 1.54) is 16.8 Å². The normalized spacial score (nSPS) is 23.4. The summed E-state index contributed by atoms with van der Waals surface area (Å²) >= 11 is 0. The lowest BCUT2D eigenvalue weighted by Gasteiger charge is -2.39. The molecule has 0 radical (unpaired) electrons. The smallest absolute Gasteiger partial charge is 0.251 e. The van der Waals surface area contributed by atoms with Gasteiger partial charge in [0.2, 0.25) is 5.91 Å². The Labute approximate surface area is 113 Å². The third-order valence-corrected chi connectivity index (χ3v) is 3.79. The van der Waals surface area contributed by atoms with Crippen LogP contribution in [0.25, 0.3) is 0 Å². The van der Waals surface area contributed by atoms with Gasteiger partial charge in [-0.25, -0.2) is 0 Å². The van der Waals surface area contributed by atoms with Gasteiger partial charge in [0.25, 0.3) is 5.56 Å². The number of hydrogen-bond donors (Lipinski definition) is 1. The number of hydrogen-bond acceptors (Lipinski definition) is 3. The predicted molar refractivity (Wildman–Crippen MR) is 74.7 cm³/mol. The van der Waals surface area contributed by atoms with Crippen molar-refractivity contribution in [1.82, 2.24) is 9.47 Å². The van der Waals surface area contributed by atoms with Gasteiger partial charge in [-0.2, -0.15) is 0 Å². The molecule has 5 heteroatoms. The Morgan fingerprint density at radius 1 is 1.32 bits per heavy atom. The molecule has 0 aliphatic carbocycles. The number of pyridine rings is 1. The molecule has 5 nitrogen and oxygen atoms in total. The van der Waals surface area contributed by atoms with Crippen LogP contribution in [0.4, 0.5) is 5.69 Å². The minimum Gasteiger partial charge on any atom is -0.398 e. The summed E-state index contributed by atoms with van der Waals surface area (Å²) in [7, 11) is 0. The van der Waals surface area contributed by atoms with Gasteiger partial charge in [0.1, 0.15) is 6.54 Å². The van der Waals surface area contributed by atoms with Crippen LogP contribution in [0.5, 0.6) is 0 Å². The van der Waals surface area contributed by atoms with E-state index in [-0.39, 0.29) is 30.1 Å². The van der Waals surface area contributed by atoms with Crippen LogP contribution < -0.4 is 11.3 Å². The predicted octanol–water partition coefficient (Wildman–Crippen LogP) is 1.22. The van der Waals surface area contributed by atoms with Crippen LogP contribution in [-0.4, -0.2) is 27.5 Å². The zero-order chi connectivity index (χ0) is 14.0. The van der Waals surface area contributed by atoms with E-state index in [1.54, 1.807) is 6.07 Å². The van der Waals surface area contributed by atoms with E-state index in [9.17, 15) is 9.59 Å². The fourth-order valence-electron chi connectivity index (χ4n) is 2.81. The van der Waals surface area contributed by atoms with Crippen molar-refractivity contribution in [3.05, 3.63) is 28.7 Å². The highest BCUT2D eigenvalue weighted by molar-refractivity contribution is 5.76. The number of aromatic nitrogens is 1. The Morgan fingerprint density at radius 3 is 2.58 bits per heavy atom. The maximum absolute atomic E-state index is 12.4. The zero-order valence-corrected chi connectivity index (χ0v) is 11.5. The summed E-state index contributed by atoms with van der Waals surface area (Å²) in [6.07, 6.45) is 4.74. The lowest BCUT2D eigenvalue weighted by Crippen LogP contribution is -2.49. The van der Waals surface area contributed by atoms with Crippen LogP contribution in [0.15, 0.2) is 23.1 Å². The van der Waals surface area contributed by atoms with E-state index in [1.807, 2.05) is 4.90 Å². The van der Waals surface area contributed by atoms with Crippen LogP contribution in [0, 0.1) is 0 Å². The third kappa shape index (κ3) is 2.97. The van der Waals surface area contributed by atoms with Crippen molar-refractivity contribution in [2.75, 3.05) is 5.73 Å². The monoisotopic (exact) mass is 263 g/mol. The Kier molecular flexibility index (Phi) is 3.93. The van der Waals surface area contributed by atoms with Crippen molar-refractivity contribution in [3.63, 3.8) is 0 Å². The third-order valence-electron chi connectivity index (χ3n) is 3.79. The highest BCUT2D eigenvalue weighted by Gasteiger charge is 2.28. The fourth-order valence-corrected chi connectivity index (χ4v) is 2.81. The second kappa shape index (κ2) is 5.47. The number of carbonyl (C=O) groups is 1. The van der Waals surface area contributed by atoms with Gasteiger partial charge < -0.3 is 15.2 Å². The van der Waals surface area contributed by atoms with E-state index < -0.39 is 0 Å². The molecule has 2 atom stereocenters. The maximum atomic E-state index is 12.4. The number of anilines is 1. The molecular formula is C14H21N3O2. The first kappa shape index (κ1) is 13.6. The van der Waals surface area contributed by atoms with Gasteiger partial charge in [-0.1, -0.05) is 0 Å². The van der Waals surface area contributed by atoms with Crippen LogP contribution >= 0.6 is 0 Å². The van der Waals surface area contributed by atoms with E-state index in [4.69, 9.17) is 5.73 Å². The van der Waals surface area contributed by atoms with Gasteiger partial charge in [0, 0.05) is 30.0 Å². The van der Waals surface area contributed by atoms with Crippen molar-refractivity contribution in [2.24, 2.45) is 0 Å². The first-order valence-electron chi connectivity index (χ1n) is 6.76. The number of likely N-dealkylation sites (tertiary alicyclic amines) is 1. The molecule has 0 saturated carbocycles. The molecule has 1 amide bonds. The first-order valence-corrected chi connectivity index (χ1v) is 6.76. The van der Waals surface area contributed by atoms with E-state index >= 15 is 0 Å². The first-order chi connectivity index (χ1) is 8.99. The molecule has 2 heterocycles. The van der Waals surface area contributed by atoms with Gasteiger partial charge >= 0.3 is 0 Å². The largest absolute Gasteiger partial charge is 0.398 e. The highest BCUT2D eigenvalue weighted by atomic mass is 16.2. The van der Waals surface area contributed by atoms with Crippen molar-refractivity contribution >= 4 is 11.6 Å². The number of rotatable bonds is 2. The number of nitrogen functional groups attached to an aromatic ring is 1. The standard InChI is InChI=1S/C14H21N3O2/c1-10-4-3-5-11(2)17(10)14(19)9-16-8-12(15)6-7-13(16)18/h6-8,10-11H,3-5,9,15H2,1-2H3. The van der Waals surface area contributed by atoms with Gasteiger partial charge in [-0.05, 0) is 39.2 Å². The van der Waals surface area contributed by atoms with E-state index in [2.05, 4.69) is 13.8 Å². The average molecular weight is 263 g/mol. The summed E-state index contributed by atoms with van der Waals surface area (Å²) in [4.78, 5) is 26.0. The van der Waals surface area contributed by atoms with E-state index in [0.29, 0.717) is 5.69 Å². The number of amides is 1. The molecule has 19 heavy (non-hydrogen) atoms. The van der Waals surface area contributed by atoms with Crippen LogP contribution in [-0.2, 0) is 11.3 Å². The Hall–Kier alpha value is -1.78. The van der Waals surface area contributed by atoms with Crippen LogP contribution in [0.2, 0.25) is 0 Å². The Morgan fingerprint density at radius 2 is 1.95 bits per heavy atom. The van der Waals surface area contributed by atoms with Crippen LogP contribution in [0.1, 0.15) is 33.1 Å². The Bertz CT molecular complexity index is 514. The van der Waals surface area contributed by atoms with Gasteiger partial charge in [-0.3, -0.25) is 9.59 Å². The van der Waals surface area contributed by atoms with Gasteiger partial charge in [0.05, 0.1) is 0 Å². The summed E-state index contributed by atoms with van der Waals surface area (Å²) < 4.78 is 1.38. The molecule has 1 aliphatic heterocycles. The zero-order valence-electron chi connectivity index (χ0n) is 11.5. The lowest BCUT2D eigenvalue weighted by atomic mass is 9.97.